The Morgan fingerprint density at radius 2 is 2.00 bits per heavy atom. The van der Waals surface area contributed by atoms with Gasteiger partial charge in [0.15, 0.2) is 0 Å². The second-order valence-electron chi connectivity index (χ2n) is 8.31. The lowest BCUT2D eigenvalue weighted by atomic mass is 9.89. The fraction of sp³-hybridized carbons (Fsp3) is 0.333. The summed E-state index contributed by atoms with van der Waals surface area (Å²) in [5.74, 6) is -0.521. The van der Waals surface area contributed by atoms with E-state index in [1.807, 2.05) is 17.0 Å². The molecule has 1 aromatic heterocycles. The Bertz CT molecular complexity index is 1140. The highest BCUT2D eigenvalue weighted by atomic mass is 19.1. The fourth-order valence-electron chi connectivity index (χ4n) is 4.31. The summed E-state index contributed by atoms with van der Waals surface area (Å²) in [6.07, 6.45) is 0.567. The lowest BCUT2D eigenvalue weighted by Gasteiger charge is -2.26. The van der Waals surface area contributed by atoms with E-state index in [0.29, 0.717) is 30.6 Å². The number of carboxylic acids is 1. The molecule has 1 aliphatic heterocycles. The Hall–Kier alpha value is -3.15. The minimum absolute atomic E-state index is 0.106. The number of carboxylic acid groups (broad SMARTS) is 1. The van der Waals surface area contributed by atoms with E-state index < -0.39 is 11.9 Å². The number of fused-ring (bicyclic) bond motifs is 1. The van der Waals surface area contributed by atoms with Crippen molar-refractivity contribution in [2.75, 3.05) is 18.0 Å². The minimum atomic E-state index is -0.795. The summed E-state index contributed by atoms with van der Waals surface area (Å²) in [4.78, 5) is 18.4. The van der Waals surface area contributed by atoms with E-state index in [0.717, 1.165) is 27.9 Å². The largest absolute Gasteiger partial charge is 0.508 e. The summed E-state index contributed by atoms with van der Waals surface area (Å²) in [5, 5.41) is 20.4. The van der Waals surface area contributed by atoms with Crippen LogP contribution in [0.1, 0.15) is 37.3 Å². The molecule has 3 aromatic rings. The van der Waals surface area contributed by atoms with Gasteiger partial charge in [0.05, 0.1) is 11.4 Å². The van der Waals surface area contributed by atoms with Crippen LogP contribution in [0.4, 0.5) is 10.2 Å². The van der Waals surface area contributed by atoms with Crippen LogP contribution in [0.2, 0.25) is 0 Å². The number of anilines is 1. The number of hydrogen-bond donors (Lipinski definition) is 2. The molecule has 6 heteroatoms. The summed E-state index contributed by atoms with van der Waals surface area (Å²) in [7, 11) is 0. The molecule has 0 spiro atoms. The molecule has 5 nitrogen and oxygen atoms in total. The van der Waals surface area contributed by atoms with Crippen molar-refractivity contribution in [1.82, 2.24) is 4.98 Å². The first-order valence-corrected chi connectivity index (χ1v) is 10.2. The molecule has 156 valence electrons. The first-order valence-electron chi connectivity index (χ1n) is 10.2. The number of rotatable bonds is 4. The lowest BCUT2D eigenvalue weighted by molar-refractivity contribution is -0.140. The van der Waals surface area contributed by atoms with Gasteiger partial charge in [-0.25, -0.2) is 9.37 Å². The molecule has 0 bridgehead atoms. The van der Waals surface area contributed by atoms with E-state index in [2.05, 4.69) is 13.8 Å². The number of nitrogens with zero attached hydrogens (tertiary/aromatic N) is 2. The van der Waals surface area contributed by atoms with Gasteiger partial charge in [-0.05, 0) is 60.2 Å². The van der Waals surface area contributed by atoms with Gasteiger partial charge < -0.3 is 15.1 Å². The number of hydrogen-bond acceptors (Lipinski definition) is 4. The summed E-state index contributed by atoms with van der Waals surface area (Å²) in [6.45, 7) is 6.90. The Labute approximate surface area is 174 Å². The zero-order valence-electron chi connectivity index (χ0n) is 17.3. The van der Waals surface area contributed by atoms with Gasteiger partial charge in [-0.2, -0.15) is 0 Å². The summed E-state index contributed by atoms with van der Waals surface area (Å²) in [5.41, 5.74) is 4.02. The van der Waals surface area contributed by atoms with Crippen molar-refractivity contribution >= 4 is 22.7 Å². The number of aryl methyl sites for hydroxylation is 1. The third-order valence-electron chi connectivity index (χ3n) is 5.85. The van der Waals surface area contributed by atoms with Crippen LogP contribution < -0.4 is 4.90 Å². The van der Waals surface area contributed by atoms with E-state index in [9.17, 15) is 19.4 Å². The fourth-order valence-corrected chi connectivity index (χ4v) is 4.31. The molecule has 30 heavy (non-hydrogen) atoms. The second kappa shape index (κ2) is 7.59. The summed E-state index contributed by atoms with van der Waals surface area (Å²) in [6, 6.07) is 10.2. The summed E-state index contributed by atoms with van der Waals surface area (Å²) < 4.78 is 14.0. The lowest BCUT2D eigenvalue weighted by Crippen LogP contribution is -2.25. The van der Waals surface area contributed by atoms with Gasteiger partial charge in [0.1, 0.15) is 17.4 Å². The van der Waals surface area contributed by atoms with Crippen LogP contribution in [0.25, 0.3) is 22.0 Å². The Balaban J connectivity index is 2.01. The van der Waals surface area contributed by atoms with E-state index in [4.69, 9.17) is 4.98 Å². The number of aromatic nitrogens is 1. The molecule has 0 radical (unpaired) electrons. The molecule has 0 aliphatic carbocycles. The van der Waals surface area contributed by atoms with Crippen molar-refractivity contribution in [3.05, 3.63) is 53.3 Å². The maximum absolute atomic E-state index is 14.0. The maximum atomic E-state index is 14.0. The average molecular weight is 408 g/mol. The molecule has 1 saturated heterocycles. The molecule has 0 saturated carbocycles. The van der Waals surface area contributed by atoms with Crippen molar-refractivity contribution < 1.29 is 19.4 Å². The standard InChI is InChI=1S/C24H25FN2O3/c1-13(2)21-22(15-4-7-19(25)14(3)10-15)18-6-5-17(28)11-20(18)26-23(21)27-9-8-16(12-27)24(29)30/h4-7,10-11,13,16,28H,8-9,12H2,1-3H3,(H,29,30). The van der Waals surface area contributed by atoms with Crippen LogP contribution in [0, 0.1) is 18.7 Å². The van der Waals surface area contributed by atoms with Crippen molar-refractivity contribution in [3.8, 4) is 16.9 Å². The van der Waals surface area contributed by atoms with Gasteiger partial charge in [-0.15, -0.1) is 0 Å². The van der Waals surface area contributed by atoms with Gasteiger partial charge in [0, 0.05) is 30.1 Å². The van der Waals surface area contributed by atoms with E-state index in [1.165, 1.54) is 6.07 Å². The van der Waals surface area contributed by atoms with Gasteiger partial charge in [0.25, 0.3) is 0 Å². The molecule has 2 aromatic carbocycles. The van der Waals surface area contributed by atoms with Gasteiger partial charge >= 0.3 is 5.97 Å². The van der Waals surface area contributed by atoms with Crippen molar-refractivity contribution in [2.45, 2.75) is 33.1 Å². The topological polar surface area (TPSA) is 73.7 Å². The molecule has 1 atom stereocenters. The van der Waals surface area contributed by atoms with Gasteiger partial charge in [-0.1, -0.05) is 19.9 Å². The predicted octanol–water partition coefficient (Wildman–Crippen LogP) is 5.09. The highest BCUT2D eigenvalue weighted by Gasteiger charge is 2.32. The first kappa shape index (κ1) is 20.1. The second-order valence-corrected chi connectivity index (χ2v) is 8.31. The monoisotopic (exact) mass is 408 g/mol. The number of aliphatic carboxylic acids is 1. The smallest absolute Gasteiger partial charge is 0.308 e. The van der Waals surface area contributed by atoms with Gasteiger partial charge in [0.2, 0.25) is 0 Å². The molecule has 1 fully saturated rings. The van der Waals surface area contributed by atoms with Crippen molar-refractivity contribution in [1.29, 1.82) is 0 Å². The van der Waals surface area contributed by atoms with Crippen LogP contribution in [0.15, 0.2) is 36.4 Å². The highest BCUT2D eigenvalue weighted by Crippen LogP contribution is 2.42. The first-order chi connectivity index (χ1) is 14.3. The third-order valence-corrected chi connectivity index (χ3v) is 5.85. The highest BCUT2D eigenvalue weighted by molar-refractivity contribution is 5.99. The van der Waals surface area contributed by atoms with Crippen LogP contribution >= 0.6 is 0 Å². The van der Waals surface area contributed by atoms with Crippen molar-refractivity contribution in [3.63, 3.8) is 0 Å². The molecule has 4 rings (SSSR count). The molecule has 2 N–H and O–H groups in total. The normalized spacial score (nSPS) is 16.6. The molecule has 1 aliphatic rings. The van der Waals surface area contributed by atoms with Crippen molar-refractivity contribution in [2.24, 2.45) is 5.92 Å². The maximum Gasteiger partial charge on any atom is 0.308 e. The Morgan fingerprint density at radius 1 is 1.23 bits per heavy atom. The number of phenols is 1. The molecular formula is C24H25FN2O3. The van der Waals surface area contributed by atoms with Crippen LogP contribution in [-0.4, -0.2) is 34.3 Å². The predicted molar refractivity (Wildman–Crippen MR) is 116 cm³/mol. The minimum Gasteiger partial charge on any atom is -0.508 e. The summed E-state index contributed by atoms with van der Waals surface area (Å²) >= 11 is 0. The van der Waals surface area contributed by atoms with E-state index >= 15 is 0 Å². The SMILES string of the molecule is Cc1cc(-c2c(C(C)C)c(N3CCC(C(=O)O)C3)nc3cc(O)ccc23)ccc1F. The number of carbonyl (C=O) groups is 1. The molecule has 2 heterocycles. The molecular weight excluding hydrogens is 383 g/mol. The number of phenolic OH excluding ortho intramolecular Hbond substituents is 1. The number of halogens is 1. The van der Waals surface area contributed by atoms with Crippen LogP contribution in [0.5, 0.6) is 5.75 Å². The zero-order chi connectivity index (χ0) is 21.6. The van der Waals surface area contributed by atoms with E-state index in [-0.39, 0.29) is 17.5 Å². The molecule has 0 amide bonds. The Kier molecular flexibility index (Phi) is 5.10. The third kappa shape index (κ3) is 3.47. The zero-order valence-corrected chi connectivity index (χ0v) is 17.3. The number of benzene rings is 2. The Morgan fingerprint density at radius 3 is 2.63 bits per heavy atom. The molecule has 1 unspecified atom stereocenters. The number of pyridine rings is 1. The average Bonchev–Trinajstić information content (AvgIpc) is 3.19. The quantitative estimate of drug-likeness (QED) is 0.629. The van der Waals surface area contributed by atoms with E-state index in [1.54, 1.807) is 25.1 Å². The van der Waals surface area contributed by atoms with Crippen LogP contribution in [-0.2, 0) is 4.79 Å². The number of aromatic hydroxyl groups is 1. The van der Waals surface area contributed by atoms with Gasteiger partial charge in [-0.3, -0.25) is 4.79 Å². The van der Waals surface area contributed by atoms with Crippen LogP contribution in [0.3, 0.4) is 0 Å².